The molecule has 2 aromatic heterocycles. The van der Waals surface area contributed by atoms with Crippen molar-refractivity contribution in [2.24, 2.45) is 23.7 Å². The second kappa shape index (κ2) is 20.9. The number of fused-ring (bicyclic) bond motifs is 9. The van der Waals surface area contributed by atoms with Crippen LogP contribution in [-0.2, 0) is 40.7 Å². The van der Waals surface area contributed by atoms with E-state index in [2.05, 4.69) is 58.5 Å². The zero-order chi connectivity index (χ0) is 50.2. The standard InChI is InChI=1S/C62H68N4O7/c1-63-36-42-16-19-52-50-35-53-47(22-27-64-53)49(32-37-11-15-40-7-6-10-54(68)46(40)17-12-37)57(50)59(71)48(23-28-67)55(69)20-14-39-31-44(58(70)56(33-39)73-45-8-2-3-9-45)30-38-13-18-51(62(60(42)72)24-4-5-25-62)43(29-38)34-41-21-26-65-61(41)66-52/h6-7,10,12-13,17-18,21-22,26-27,29,31,33,35,37,42,45,48-49,52,57,60,63,65,67-68,70,72H,2-5,8-9,11,14-15,20,23-25,28,30,32,34,36H2,1H3/q-2. The number of nitrogens with one attached hydrogen (secondary N) is 2. The highest BCUT2D eigenvalue weighted by Gasteiger charge is 2.47. The van der Waals surface area contributed by atoms with Gasteiger partial charge in [-0.2, -0.15) is 6.20 Å². The highest BCUT2D eigenvalue weighted by Crippen LogP contribution is 2.51. The lowest BCUT2D eigenvalue weighted by molar-refractivity contribution is -0.135. The van der Waals surface area contributed by atoms with Crippen LogP contribution in [0, 0.1) is 35.5 Å². The maximum absolute atomic E-state index is 16.1. The number of allylic oxidation sites excluding steroid dienone is 1. The van der Waals surface area contributed by atoms with E-state index in [0.717, 1.165) is 114 Å². The van der Waals surface area contributed by atoms with E-state index < -0.39 is 41.2 Å². The number of carbonyl (C=O) groups is 2. The summed E-state index contributed by atoms with van der Waals surface area (Å²) in [7, 11) is 1.88. The Balaban J connectivity index is 1.10. The molecule has 0 saturated heterocycles. The first-order valence-corrected chi connectivity index (χ1v) is 26.9. The number of aliphatic hydroxyl groups excluding tert-OH is 2. The summed E-state index contributed by atoms with van der Waals surface area (Å²) >= 11 is 0. The van der Waals surface area contributed by atoms with Gasteiger partial charge >= 0.3 is 0 Å². The summed E-state index contributed by atoms with van der Waals surface area (Å²) in [6, 6.07) is 19.2. The number of aromatic hydroxyl groups is 2. The topological polar surface area (TPSA) is 180 Å². The Kier molecular flexibility index (Phi) is 14.0. The highest BCUT2D eigenvalue weighted by atomic mass is 16.5. The number of ketones is 2. The number of aromatic nitrogens is 2. The molecular formula is C62H68N4O7-2. The van der Waals surface area contributed by atoms with Gasteiger partial charge in [0.25, 0.3) is 0 Å². The molecule has 3 aromatic carbocycles. The van der Waals surface area contributed by atoms with Crippen LogP contribution in [0.1, 0.15) is 139 Å². The number of nitrogens with zero attached hydrogens (tertiary/aromatic N) is 2. The number of aryl methyl sites for hydroxylation is 2. The lowest BCUT2D eigenvalue weighted by Gasteiger charge is -2.41. The molecule has 4 aliphatic carbocycles. The predicted molar refractivity (Wildman–Crippen MR) is 283 cm³/mol. The number of carbonyl (C=O) groups excluding carboxylic acids is 2. The van der Waals surface area contributed by atoms with E-state index in [-0.39, 0.29) is 54.5 Å². The largest absolute Gasteiger partial charge is 0.664 e. The molecule has 11 nitrogen and oxygen atoms in total. The van der Waals surface area contributed by atoms with Crippen LogP contribution in [-0.4, -0.2) is 75.4 Å². The molecule has 73 heavy (non-hydrogen) atoms. The van der Waals surface area contributed by atoms with E-state index in [1.807, 2.05) is 49.7 Å². The molecule has 380 valence electrons. The molecule has 7 atom stereocenters. The molecule has 0 amide bonds. The molecular weight excluding hydrogens is 913 g/mol. The first-order chi connectivity index (χ1) is 35.6. The number of ether oxygens (including phenoxy) is 1. The van der Waals surface area contributed by atoms with Gasteiger partial charge in [0.2, 0.25) is 0 Å². The van der Waals surface area contributed by atoms with Crippen molar-refractivity contribution in [1.29, 1.82) is 0 Å². The highest BCUT2D eigenvalue weighted by molar-refractivity contribution is 6.05. The van der Waals surface area contributed by atoms with Gasteiger partial charge in [0.15, 0.2) is 17.3 Å². The summed E-state index contributed by atoms with van der Waals surface area (Å²) in [6.07, 6.45) is 19.7. The number of hydrogen-bond acceptors (Lipinski definition) is 8. The molecule has 1 spiro atoms. The van der Waals surface area contributed by atoms with Crippen LogP contribution in [0.4, 0.5) is 5.82 Å². The zero-order valence-corrected chi connectivity index (χ0v) is 41.9. The molecule has 7 unspecified atom stereocenters. The van der Waals surface area contributed by atoms with Crippen LogP contribution in [0.25, 0.3) is 17.5 Å². The van der Waals surface area contributed by atoms with Gasteiger partial charge in [-0.25, -0.2) is 0 Å². The Morgan fingerprint density at radius 2 is 1.71 bits per heavy atom. The van der Waals surface area contributed by atoms with Crippen LogP contribution < -0.4 is 15.0 Å². The van der Waals surface area contributed by atoms with Crippen molar-refractivity contribution in [2.75, 3.05) is 20.2 Å². The molecule has 2 aliphatic heterocycles. The van der Waals surface area contributed by atoms with Gasteiger partial charge in [0.05, 0.1) is 24.0 Å². The molecule has 5 aromatic rings. The first kappa shape index (κ1) is 48.9. The molecule has 11 rings (SSSR count). The average Bonchev–Trinajstić information content (AvgIpc) is 4.24. The van der Waals surface area contributed by atoms with E-state index >= 15 is 4.79 Å². The van der Waals surface area contributed by atoms with Gasteiger partial charge in [0.1, 0.15) is 11.5 Å². The quantitative estimate of drug-likeness (QED) is 0.0652. The number of benzene rings is 3. The number of aromatic amines is 1. The number of aliphatic hydroxyl groups is 2. The van der Waals surface area contributed by atoms with Gasteiger partial charge in [-0.3, -0.25) is 9.59 Å². The van der Waals surface area contributed by atoms with Gasteiger partial charge in [-0.05, 0) is 147 Å². The molecule has 2 saturated carbocycles. The second-order valence-corrected chi connectivity index (χ2v) is 21.8. The summed E-state index contributed by atoms with van der Waals surface area (Å²) in [5, 5.41) is 55.5. The second-order valence-electron chi connectivity index (χ2n) is 21.8. The Morgan fingerprint density at radius 3 is 2.53 bits per heavy atom. The van der Waals surface area contributed by atoms with Gasteiger partial charge in [-0.15, -0.1) is 5.69 Å². The van der Waals surface area contributed by atoms with Gasteiger partial charge < -0.3 is 45.8 Å². The maximum atomic E-state index is 16.1. The van der Waals surface area contributed by atoms with Crippen molar-refractivity contribution in [1.82, 2.24) is 15.3 Å². The van der Waals surface area contributed by atoms with Crippen molar-refractivity contribution in [3.63, 3.8) is 0 Å². The minimum Gasteiger partial charge on any atom is -0.664 e. The molecule has 0 radical (unpaired) electrons. The third-order valence-electron chi connectivity index (χ3n) is 17.3. The van der Waals surface area contributed by atoms with Crippen molar-refractivity contribution in [3.05, 3.63) is 146 Å². The van der Waals surface area contributed by atoms with Crippen molar-refractivity contribution >= 4 is 29.5 Å². The van der Waals surface area contributed by atoms with E-state index in [1.165, 1.54) is 0 Å². The number of hydrogen-bond donors (Lipinski definition) is 6. The summed E-state index contributed by atoms with van der Waals surface area (Å²) in [5.41, 5.74) is 9.23. The number of phenolic OH excluding ortho intramolecular Hbond substituents is 2. The van der Waals surface area contributed by atoms with Crippen molar-refractivity contribution in [3.8, 4) is 29.1 Å². The fraction of sp³-hybridized carbons (Fsp3) is 0.452. The van der Waals surface area contributed by atoms with Gasteiger partial charge in [0, 0.05) is 54.5 Å². The normalized spacial score (nSPS) is 25.7. The molecule has 5 bridgehead atoms. The predicted octanol–water partition coefficient (Wildman–Crippen LogP) is 9.83. The van der Waals surface area contributed by atoms with Crippen molar-refractivity contribution < 1.29 is 34.8 Å². The Bertz CT molecular complexity index is 2990. The smallest absolute Gasteiger partial charge is 0.161 e. The minimum atomic E-state index is -1.13. The Labute approximate surface area is 429 Å². The first-order valence-electron chi connectivity index (χ1n) is 26.9. The number of phenols is 2. The molecule has 4 heterocycles. The van der Waals surface area contributed by atoms with E-state index in [4.69, 9.17) is 15.0 Å². The van der Waals surface area contributed by atoms with Crippen LogP contribution >= 0.6 is 0 Å². The summed E-state index contributed by atoms with van der Waals surface area (Å²) in [5.74, 6) is 5.08. The minimum absolute atomic E-state index is 0.00271. The molecule has 6 aliphatic rings. The number of Topliss-reactive ketones (excluding diaryl/α,β-unsaturated/α-hetero) is 2. The lowest BCUT2D eigenvalue weighted by atomic mass is 9.66. The zero-order valence-electron chi connectivity index (χ0n) is 41.9. The average molecular weight is 981 g/mol. The van der Waals surface area contributed by atoms with Crippen LogP contribution in [0.15, 0.2) is 84.7 Å². The van der Waals surface area contributed by atoms with Crippen molar-refractivity contribution in [2.45, 2.75) is 132 Å². The summed E-state index contributed by atoms with van der Waals surface area (Å²) in [4.78, 5) is 39.4. The fourth-order valence-corrected chi connectivity index (χ4v) is 13.6. The Morgan fingerprint density at radius 1 is 0.877 bits per heavy atom. The summed E-state index contributed by atoms with van der Waals surface area (Å²) < 4.78 is 6.56. The third-order valence-corrected chi connectivity index (χ3v) is 17.3. The number of H-pyrrole nitrogens is 1. The van der Waals surface area contributed by atoms with Crippen LogP contribution in [0.2, 0.25) is 0 Å². The Hall–Kier alpha value is -6.32. The van der Waals surface area contributed by atoms with E-state index in [1.54, 1.807) is 12.3 Å². The van der Waals surface area contributed by atoms with E-state index in [0.29, 0.717) is 54.9 Å². The molecule has 6 N–H and O–H groups in total. The fourth-order valence-electron chi connectivity index (χ4n) is 13.6. The van der Waals surface area contributed by atoms with Crippen LogP contribution in [0.5, 0.6) is 17.2 Å². The lowest BCUT2D eigenvalue weighted by Crippen LogP contribution is -2.45. The SMILES string of the molecule is CNCC1C#CC2[N-]c3[nH]ccc3Cc3cc(ccc3C3(CCCC3)C1O)Cc1cc(cc(OC3CCCC3)c1O)CCC(=O)C(CCO)C(=O)C1C2=Cc2[n-]ccc2C1CC1C=Cc2c(O)cccc2CC1. The van der Waals surface area contributed by atoms with Crippen LogP contribution in [0.3, 0.4) is 0 Å². The summed E-state index contributed by atoms with van der Waals surface area (Å²) in [6.45, 7) is 0.0607. The number of rotatable bonds is 8. The third kappa shape index (κ3) is 9.59. The molecule has 2 fully saturated rings. The molecule has 11 heteroatoms. The van der Waals surface area contributed by atoms with E-state index in [9.17, 15) is 25.2 Å². The monoisotopic (exact) mass is 981 g/mol. The maximum Gasteiger partial charge on any atom is 0.161 e. The van der Waals surface area contributed by atoms with Gasteiger partial charge in [-0.1, -0.05) is 109 Å².